The molecule has 100 valence electrons. The van der Waals surface area contributed by atoms with E-state index in [4.69, 9.17) is 0 Å². The number of nitrogens with zero attached hydrogens (tertiary/aromatic N) is 3. The van der Waals surface area contributed by atoms with Crippen molar-refractivity contribution in [3.8, 4) is 0 Å². The van der Waals surface area contributed by atoms with E-state index >= 15 is 0 Å². The summed E-state index contributed by atoms with van der Waals surface area (Å²) in [6.07, 6.45) is 3.58. The van der Waals surface area contributed by atoms with Crippen molar-refractivity contribution in [3.05, 3.63) is 5.82 Å². The van der Waals surface area contributed by atoms with Crippen LogP contribution in [0.1, 0.15) is 32.5 Å². The predicted octanol–water partition coefficient (Wildman–Crippen LogP) is 1.19. The quantitative estimate of drug-likeness (QED) is 0.845. The molecule has 18 heavy (non-hydrogen) atoms. The van der Waals surface area contributed by atoms with Crippen LogP contribution in [0.3, 0.4) is 0 Å². The standard InChI is InChI=1S/C13H23N5/c1-9(2)6-12-15-13(17-16-12)18-5-3-4-10-7-14-8-11(10)18/h9-11,14H,3-8H2,1-2H3,(H,15,16,17). The zero-order chi connectivity index (χ0) is 12.5. The summed E-state index contributed by atoms with van der Waals surface area (Å²) in [5.74, 6) is 3.33. The zero-order valence-corrected chi connectivity index (χ0v) is 11.3. The SMILES string of the molecule is CC(C)Cc1nc(N2CCCC3CNCC32)n[nH]1. The third-order valence-electron chi connectivity index (χ3n) is 4.06. The van der Waals surface area contributed by atoms with Gasteiger partial charge in [0.2, 0.25) is 5.95 Å². The number of piperidine rings is 1. The third kappa shape index (κ3) is 2.23. The highest BCUT2D eigenvalue weighted by atomic mass is 15.4. The molecule has 2 unspecified atom stereocenters. The van der Waals surface area contributed by atoms with Crippen LogP contribution >= 0.6 is 0 Å². The lowest BCUT2D eigenvalue weighted by molar-refractivity contribution is 0.381. The molecule has 0 aliphatic carbocycles. The van der Waals surface area contributed by atoms with Crippen molar-refractivity contribution >= 4 is 5.95 Å². The van der Waals surface area contributed by atoms with E-state index in [2.05, 4.69) is 39.2 Å². The molecule has 1 aromatic rings. The molecule has 0 saturated carbocycles. The number of H-pyrrole nitrogens is 1. The lowest BCUT2D eigenvalue weighted by Crippen LogP contribution is -2.45. The molecule has 5 heteroatoms. The van der Waals surface area contributed by atoms with E-state index in [0.29, 0.717) is 12.0 Å². The van der Waals surface area contributed by atoms with E-state index in [9.17, 15) is 0 Å². The van der Waals surface area contributed by atoms with Crippen LogP contribution in [-0.4, -0.2) is 40.9 Å². The van der Waals surface area contributed by atoms with Gasteiger partial charge in [0.25, 0.3) is 0 Å². The number of rotatable bonds is 3. The molecule has 2 N–H and O–H groups in total. The third-order valence-corrected chi connectivity index (χ3v) is 4.06. The molecule has 0 amide bonds. The van der Waals surface area contributed by atoms with E-state index in [1.165, 1.54) is 12.8 Å². The monoisotopic (exact) mass is 249 g/mol. The summed E-state index contributed by atoms with van der Waals surface area (Å²) >= 11 is 0. The first-order chi connectivity index (χ1) is 8.74. The van der Waals surface area contributed by atoms with Crippen molar-refractivity contribution in [2.45, 2.75) is 39.2 Å². The summed E-state index contributed by atoms with van der Waals surface area (Å²) in [5.41, 5.74) is 0. The van der Waals surface area contributed by atoms with E-state index < -0.39 is 0 Å². The topological polar surface area (TPSA) is 56.8 Å². The molecule has 5 nitrogen and oxygen atoms in total. The Morgan fingerprint density at radius 2 is 2.28 bits per heavy atom. The van der Waals surface area contributed by atoms with Gasteiger partial charge in [-0.05, 0) is 24.7 Å². The van der Waals surface area contributed by atoms with Gasteiger partial charge in [0, 0.05) is 32.1 Å². The van der Waals surface area contributed by atoms with E-state index in [-0.39, 0.29) is 0 Å². The smallest absolute Gasteiger partial charge is 0.245 e. The van der Waals surface area contributed by atoms with Gasteiger partial charge < -0.3 is 10.2 Å². The van der Waals surface area contributed by atoms with Crippen LogP contribution in [-0.2, 0) is 6.42 Å². The molecule has 2 aliphatic heterocycles. The first kappa shape index (κ1) is 12.0. The molecule has 2 fully saturated rings. The number of hydrogen-bond donors (Lipinski definition) is 2. The molecule has 0 radical (unpaired) electrons. The van der Waals surface area contributed by atoms with Crippen LogP contribution in [0.5, 0.6) is 0 Å². The van der Waals surface area contributed by atoms with Crippen molar-refractivity contribution in [3.63, 3.8) is 0 Å². The highest BCUT2D eigenvalue weighted by Gasteiger charge is 2.36. The molecule has 2 saturated heterocycles. The van der Waals surface area contributed by atoms with Crippen molar-refractivity contribution < 1.29 is 0 Å². The highest BCUT2D eigenvalue weighted by Crippen LogP contribution is 2.28. The maximum Gasteiger partial charge on any atom is 0.245 e. The maximum absolute atomic E-state index is 4.67. The lowest BCUT2D eigenvalue weighted by Gasteiger charge is -2.36. The van der Waals surface area contributed by atoms with Gasteiger partial charge in [-0.25, -0.2) is 0 Å². The second-order valence-electron chi connectivity index (χ2n) is 6.00. The average molecular weight is 249 g/mol. The van der Waals surface area contributed by atoms with Gasteiger partial charge in [0.1, 0.15) is 5.82 Å². The Balaban J connectivity index is 1.75. The minimum atomic E-state index is 0.599. The molecule has 0 bridgehead atoms. The number of anilines is 1. The molecule has 0 aromatic carbocycles. The molecule has 2 aliphatic rings. The summed E-state index contributed by atoms with van der Waals surface area (Å²) in [6.45, 7) is 7.75. The van der Waals surface area contributed by atoms with Crippen molar-refractivity contribution in [2.75, 3.05) is 24.5 Å². The summed E-state index contributed by atoms with van der Waals surface area (Å²) in [7, 11) is 0. The fraction of sp³-hybridized carbons (Fsp3) is 0.846. The Kier molecular flexibility index (Phi) is 3.24. The van der Waals surface area contributed by atoms with E-state index in [1.54, 1.807) is 0 Å². The van der Waals surface area contributed by atoms with Crippen molar-refractivity contribution in [1.29, 1.82) is 0 Å². The molecule has 3 rings (SSSR count). The van der Waals surface area contributed by atoms with Gasteiger partial charge in [0.05, 0.1) is 0 Å². The van der Waals surface area contributed by atoms with Gasteiger partial charge in [-0.15, -0.1) is 5.10 Å². The number of aromatic nitrogens is 3. The van der Waals surface area contributed by atoms with Crippen LogP contribution in [0.4, 0.5) is 5.95 Å². The molecular weight excluding hydrogens is 226 g/mol. The van der Waals surface area contributed by atoms with Gasteiger partial charge in [0.15, 0.2) is 0 Å². The molecule has 2 atom stereocenters. The Hall–Kier alpha value is -1.10. The van der Waals surface area contributed by atoms with Crippen LogP contribution in [0.15, 0.2) is 0 Å². The second-order valence-corrected chi connectivity index (χ2v) is 6.00. The first-order valence-electron chi connectivity index (χ1n) is 7.12. The lowest BCUT2D eigenvalue weighted by atomic mass is 9.92. The normalized spacial score (nSPS) is 27.8. The second kappa shape index (κ2) is 4.88. The summed E-state index contributed by atoms with van der Waals surface area (Å²) < 4.78 is 0. The summed E-state index contributed by atoms with van der Waals surface area (Å²) in [4.78, 5) is 7.06. The molecule has 0 spiro atoms. The molecule has 1 aromatic heterocycles. The Morgan fingerprint density at radius 3 is 3.11 bits per heavy atom. The first-order valence-corrected chi connectivity index (χ1v) is 7.12. The Labute approximate surface area is 108 Å². The number of aromatic amines is 1. The minimum absolute atomic E-state index is 0.599. The van der Waals surface area contributed by atoms with Crippen molar-refractivity contribution in [1.82, 2.24) is 20.5 Å². The Morgan fingerprint density at radius 1 is 1.39 bits per heavy atom. The van der Waals surface area contributed by atoms with Crippen LogP contribution in [0.25, 0.3) is 0 Å². The minimum Gasteiger partial charge on any atom is -0.335 e. The maximum atomic E-state index is 4.67. The fourth-order valence-corrected chi connectivity index (χ4v) is 3.21. The fourth-order valence-electron chi connectivity index (χ4n) is 3.21. The predicted molar refractivity (Wildman–Crippen MR) is 71.7 cm³/mol. The summed E-state index contributed by atoms with van der Waals surface area (Å²) in [5, 5.41) is 11.0. The largest absolute Gasteiger partial charge is 0.335 e. The van der Waals surface area contributed by atoms with Crippen LogP contribution in [0.2, 0.25) is 0 Å². The van der Waals surface area contributed by atoms with Crippen molar-refractivity contribution in [2.24, 2.45) is 11.8 Å². The Bertz CT molecular complexity index is 400. The zero-order valence-electron chi connectivity index (χ0n) is 11.3. The van der Waals surface area contributed by atoms with E-state index in [0.717, 1.165) is 43.7 Å². The number of fused-ring (bicyclic) bond motifs is 1. The van der Waals surface area contributed by atoms with Crippen LogP contribution in [0, 0.1) is 11.8 Å². The highest BCUT2D eigenvalue weighted by molar-refractivity contribution is 5.33. The molecular formula is C13H23N5. The van der Waals surface area contributed by atoms with E-state index in [1.807, 2.05) is 0 Å². The van der Waals surface area contributed by atoms with Gasteiger partial charge in [-0.2, -0.15) is 4.98 Å². The number of nitrogens with one attached hydrogen (secondary N) is 2. The molecule has 3 heterocycles. The van der Waals surface area contributed by atoms with Crippen LogP contribution < -0.4 is 10.2 Å². The van der Waals surface area contributed by atoms with Gasteiger partial charge >= 0.3 is 0 Å². The number of hydrogen-bond acceptors (Lipinski definition) is 4. The van der Waals surface area contributed by atoms with Gasteiger partial charge in [-0.1, -0.05) is 13.8 Å². The van der Waals surface area contributed by atoms with Gasteiger partial charge in [-0.3, -0.25) is 5.10 Å². The average Bonchev–Trinajstić information content (AvgIpc) is 2.95. The summed E-state index contributed by atoms with van der Waals surface area (Å²) in [6, 6.07) is 0.599.